The molecule has 0 bridgehead atoms. The minimum atomic E-state index is -1.18. The Morgan fingerprint density at radius 3 is 1.73 bits per heavy atom. The molecular formula is C29H18O. The Hall–Kier alpha value is -3.68. The first-order valence-corrected chi connectivity index (χ1v) is 10.4. The normalized spacial score (nSPS) is 14.4. The van der Waals surface area contributed by atoms with Gasteiger partial charge in [0.2, 0.25) is 0 Å². The van der Waals surface area contributed by atoms with Crippen LogP contribution in [0.25, 0.3) is 43.4 Å². The summed E-state index contributed by atoms with van der Waals surface area (Å²) in [6.07, 6.45) is 0. The summed E-state index contributed by atoms with van der Waals surface area (Å²) in [5.74, 6) is 0. The first-order chi connectivity index (χ1) is 14.8. The number of hydrogen-bond donors (Lipinski definition) is 1. The zero-order valence-electron chi connectivity index (χ0n) is 16.3. The number of rotatable bonds is 1. The van der Waals surface area contributed by atoms with Crippen LogP contribution in [0.5, 0.6) is 0 Å². The molecule has 6 aromatic rings. The van der Waals surface area contributed by atoms with Crippen molar-refractivity contribution < 1.29 is 5.11 Å². The Morgan fingerprint density at radius 2 is 1.03 bits per heavy atom. The van der Waals surface area contributed by atoms with Gasteiger partial charge in [0.15, 0.2) is 0 Å². The molecule has 0 aliphatic heterocycles. The second kappa shape index (κ2) is 5.47. The summed E-state index contributed by atoms with van der Waals surface area (Å²) in [5, 5.41) is 19.7. The molecule has 6 aromatic carbocycles. The molecule has 0 fully saturated rings. The standard InChI is InChI=1S/C29H18O/c30-29(24-13-3-1-10-21(24)22-11-2-4-14-25(22)29)26-17-20-9-5-7-18-15-16-19-8-6-12-23(26)28(19)27(18)20/h1-17,30H. The van der Waals surface area contributed by atoms with Crippen LogP contribution in [0.15, 0.2) is 103 Å². The Bertz CT molecular complexity index is 1560. The van der Waals surface area contributed by atoms with E-state index < -0.39 is 5.60 Å². The van der Waals surface area contributed by atoms with Crippen molar-refractivity contribution >= 4 is 32.3 Å². The molecule has 1 N–H and O–H groups in total. The van der Waals surface area contributed by atoms with E-state index in [9.17, 15) is 5.11 Å². The SMILES string of the molecule is OC1(c2cc3cccc4ccc5cccc2c5c43)c2ccccc2-c2ccccc21. The molecule has 1 heteroatoms. The molecule has 0 heterocycles. The molecule has 0 saturated heterocycles. The minimum Gasteiger partial charge on any atom is -0.376 e. The fourth-order valence-corrected chi connectivity index (χ4v) is 5.56. The van der Waals surface area contributed by atoms with Gasteiger partial charge in [-0.15, -0.1) is 0 Å². The smallest absolute Gasteiger partial charge is 0.142 e. The zero-order valence-corrected chi connectivity index (χ0v) is 16.3. The molecule has 1 aliphatic rings. The molecular weight excluding hydrogens is 364 g/mol. The van der Waals surface area contributed by atoms with E-state index in [1.54, 1.807) is 0 Å². The summed E-state index contributed by atoms with van der Waals surface area (Å²) in [7, 11) is 0. The Balaban J connectivity index is 1.71. The molecule has 1 aliphatic carbocycles. The van der Waals surface area contributed by atoms with Crippen molar-refractivity contribution in [2.45, 2.75) is 5.60 Å². The van der Waals surface area contributed by atoms with Crippen LogP contribution >= 0.6 is 0 Å². The van der Waals surface area contributed by atoms with Crippen molar-refractivity contribution in [3.8, 4) is 11.1 Å². The third kappa shape index (κ3) is 1.82. The second-order valence-corrected chi connectivity index (χ2v) is 8.27. The van der Waals surface area contributed by atoms with Crippen LogP contribution in [0.1, 0.15) is 16.7 Å². The van der Waals surface area contributed by atoms with Gasteiger partial charge in [-0.25, -0.2) is 0 Å². The van der Waals surface area contributed by atoms with Gasteiger partial charge < -0.3 is 5.11 Å². The maximum atomic E-state index is 12.5. The summed E-state index contributed by atoms with van der Waals surface area (Å²) >= 11 is 0. The molecule has 0 spiro atoms. The lowest BCUT2D eigenvalue weighted by atomic mass is 9.79. The molecule has 30 heavy (non-hydrogen) atoms. The predicted molar refractivity (Wildman–Crippen MR) is 124 cm³/mol. The highest BCUT2D eigenvalue weighted by Gasteiger charge is 2.44. The van der Waals surface area contributed by atoms with E-state index in [-0.39, 0.29) is 0 Å². The van der Waals surface area contributed by atoms with Crippen molar-refractivity contribution in [1.82, 2.24) is 0 Å². The highest BCUT2D eigenvalue weighted by Crippen LogP contribution is 2.53. The first-order valence-electron chi connectivity index (χ1n) is 10.4. The van der Waals surface area contributed by atoms with Crippen LogP contribution < -0.4 is 0 Å². The van der Waals surface area contributed by atoms with Crippen LogP contribution in [0, 0.1) is 0 Å². The summed E-state index contributed by atoms with van der Waals surface area (Å²) in [4.78, 5) is 0. The predicted octanol–water partition coefficient (Wildman–Crippen LogP) is 6.85. The zero-order chi connectivity index (χ0) is 19.9. The molecule has 0 atom stereocenters. The second-order valence-electron chi connectivity index (χ2n) is 8.27. The van der Waals surface area contributed by atoms with Crippen LogP contribution in [-0.2, 0) is 5.60 Å². The third-order valence-electron chi connectivity index (χ3n) is 6.82. The van der Waals surface area contributed by atoms with Gasteiger partial charge in [0.25, 0.3) is 0 Å². The van der Waals surface area contributed by atoms with E-state index in [0.29, 0.717) is 0 Å². The van der Waals surface area contributed by atoms with Crippen molar-refractivity contribution in [3.05, 3.63) is 120 Å². The minimum absolute atomic E-state index is 0.955. The molecule has 140 valence electrons. The molecule has 7 rings (SSSR count). The summed E-state index contributed by atoms with van der Waals surface area (Å²) in [6, 6.07) is 35.9. The topological polar surface area (TPSA) is 20.2 Å². The van der Waals surface area contributed by atoms with Gasteiger partial charge >= 0.3 is 0 Å². The summed E-state index contributed by atoms with van der Waals surface area (Å²) < 4.78 is 0. The van der Waals surface area contributed by atoms with Gasteiger partial charge in [-0.3, -0.25) is 0 Å². The van der Waals surface area contributed by atoms with Crippen molar-refractivity contribution in [3.63, 3.8) is 0 Å². The lowest BCUT2D eigenvalue weighted by molar-refractivity contribution is 0.132. The van der Waals surface area contributed by atoms with Gasteiger partial charge in [-0.05, 0) is 49.5 Å². The number of benzene rings is 6. The highest BCUT2D eigenvalue weighted by molar-refractivity contribution is 6.24. The van der Waals surface area contributed by atoms with E-state index in [2.05, 4.69) is 78.9 Å². The Morgan fingerprint density at radius 1 is 0.467 bits per heavy atom. The fourth-order valence-electron chi connectivity index (χ4n) is 5.56. The van der Waals surface area contributed by atoms with Gasteiger partial charge in [0, 0.05) is 16.7 Å². The van der Waals surface area contributed by atoms with Gasteiger partial charge in [-0.2, -0.15) is 0 Å². The van der Waals surface area contributed by atoms with Gasteiger partial charge in [0.05, 0.1) is 0 Å². The summed E-state index contributed by atoms with van der Waals surface area (Å²) in [6.45, 7) is 0. The first kappa shape index (κ1) is 16.2. The summed E-state index contributed by atoms with van der Waals surface area (Å²) in [5.41, 5.74) is 3.91. The van der Waals surface area contributed by atoms with E-state index in [1.807, 2.05) is 24.3 Å². The van der Waals surface area contributed by atoms with Crippen LogP contribution in [0.3, 0.4) is 0 Å². The maximum absolute atomic E-state index is 12.5. The molecule has 0 unspecified atom stereocenters. The van der Waals surface area contributed by atoms with Crippen LogP contribution in [-0.4, -0.2) is 5.11 Å². The number of hydrogen-bond acceptors (Lipinski definition) is 1. The van der Waals surface area contributed by atoms with Gasteiger partial charge in [-0.1, -0.05) is 97.1 Å². The number of aliphatic hydroxyl groups is 1. The van der Waals surface area contributed by atoms with E-state index in [1.165, 1.54) is 26.9 Å². The molecule has 0 amide bonds. The monoisotopic (exact) mass is 382 g/mol. The lowest BCUT2D eigenvalue weighted by Crippen LogP contribution is -2.26. The maximum Gasteiger partial charge on any atom is 0.142 e. The molecule has 1 nitrogen and oxygen atoms in total. The lowest BCUT2D eigenvalue weighted by Gasteiger charge is -2.29. The largest absolute Gasteiger partial charge is 0.376 e. The molecule has 0 aromatic heterocycles. The molecule has 0 radical (unpaired) electrons. The van der Waals surface area contributed by atoms with Crippen LogP contribution in [0.2, 0.25) is 0 Å². The average Bonchev–Trinajstić information content (AvgIpc) is 3.07. The van der Waals surface area contributed by atoms with Gasteiger partial charge in [0.1, 0.15) is 5.60 Å². The van der Waals surface area contributed by atoms with Crippen LogP contribution in [0.4, 0.5) is 0 Å². The number of fused-ring (bicyclic) bond motifs is 3. The van der Waals surface area contributed by atoms with Crippen molar-refractivity contribution in [1.29, 1.82) is 0 Å². The van der Waals surface area contributed by atoms with Crippen molar-refractivity contribution in [2.75, 3.05) is 0 Å². The Labute approximate surface area is 174 Å². The highest BCUT2D eigenvalue weighted by atomic mass is 16.3. The average molecular weight is 382 g/mol. The van der Waals surface area contributed by atoms with E-state index >= 15 is 0 Å². The Kier molecular flexibility index (Phi) is 2.95. The molecule has 0 saturated carbocycles. The fraction of sp³-hybridized carbons (Fsp3) is 0.0345. The van der Waals surface area contributed by atoms with Crippen molar-refractivity contribution in [2.24, 2.45) is 0 Å². The van der Waals surface area contributed by atoms with E-state index in [0.717, 1.165) is 33.2 Å². The quantitative estimate of drug-likeness (QED) is 0.308. The third-order valence-corrected chi connectivity index (χ3v) is 6.82. The van der Waals surface area contributed by atoms with E-state index in [4.69, 9.17) is 0 Å².